The van der Waals surface area contributed by atoms with Gasteiger partial charge in [0.15, 0.2) is 5.78 Å². The Morgan fingerprint density at radius 2 is 1.95 bits per heavy atom. The van der Waals surface area contributed by atoms with E-state index >= 15 is 0 Å². The summed E-state index contributed by atoms with van der Waals surface area (Å²) in [5.41, 5.74) is 1.07. The molecule has 0 aromatic carbocycles. The van der Waals surface area contributed by atoms with Crippen molar-refractivity contribution in [1.82, 2.24) is 15.2 Å². The largest absolute Gasteiger partial charge is 0.349 e. The van der Waals surface area contributed by atoms with E-state index in [4.69, 9.17) is 0 Å². The predicted molar refractivity (Wildman–Crippen MR) is 78.2 cm³/mol. The van der Waals surface area contributed by atoms with Gasteiger partial charge in [0.25, 0.3) is 5.91 Å². The Bertz CT molecular complexity index is 430. The molecule has 0 saturated carbocycles. The quantitative estimate of drug-likeness (QED) is 0.588. The second kappa shape index (κ2) is 8.72. The van der Waals surface area contributed by atoms with Gasteiger partial charge in [-0.05, 0) is 26.0 Å². The summed E-state index contributed by atoms with van der Waals surface area (Å²) in [4.78, 5) is 23.1. The van der Waals surface area contributed by atoms with E-state index < -0.39 is 0 Å². The molecule has 1 heterocycles. The number of carbonyl (C=O) groups is 2. The maximum absolute atomic E-state index is 11.9. The first kappa shape index (κ1) is 17.7. The van der Waals surface area contributed by atoms with Gasteiger partial charge in [-0.2, -0.15) is 0 Å². The van der Waals surface area contributed by atoms with Crippen molar-refractivity contribution in [2.24, 2.45) is 7.05 Å². The molecule has 1 aromatic heterocycles. The molecular formula is C13H22ClN3O2. The third kappa shape index (κ3) is 5.44. The minimum absolute atomic E-state index is 0. The van der Waals surface area contributed by atoms with Gasteiger partial charge in [0, 0.05) is 31.9 Å². The molecule has 0 saturated heterocycles. The third-order valence-corrected chi connectivity index (χ3v) is 2.66. The van der Waals surface area contributed by atoms with Crippen LogP contribution in [0.2, 0.25) is 0 Å². The minimum atomic E-state index is -0.150. The number of hydrogen-bond acceptors (Lipinski definition) is 3. The number of amides is 1. The number of rotatable bonds is 7. The van der Waals surface area contributed by atoms with Gasteiger partial charge in [0.2, 0.25) is 0 Å². The highest BCUT2D eigenvalue weighted by molar-refractivity contribution is 5.99. The molecule has 108 valence electrons. The first-order chi connectivity index (χ1) is 8.56. The third-order valence-electron chi connectivity index (χ3n) is 2.66. The summed E-state index contributed by atoms with van der Waals surface area (Å²) in [6, 6.07) is 1.62. The molecule has 1 aromatic rings. The lowest BCUT2D eigenvalue weighted by atomic mass is 10.2. The zero-order valence-corrected chi connectivity index (χ0v) is 12.5. The predicted octanol–water partition coefficient (Wildman–Crippen LogP) is 1.38. The van der Waals surface area contributed by atoms with Crippen molar-refractivity contribution in [3.8, 4) is 0 Å². The lowest BCUT2D eigenvalue weighted by Gasteiger charge is -2.06. The number of nitrogens with zero attached hydrogens (tertiary/aromatic N) is 1. The van der Waals surface area contributed by atoms with Crippen molar-refractivity contribution in [2.75, 3.05) is 19.6 Å². The first-order valence-corrected chi connectivity index (χ1v) is 6.22. The average molecular weight is 288 g/mol. The highest BCUT2D eigenvalue weighted by atomic mass is 35.5. The topological polar surface area (TPSA) is 63.1 Å². The van der Waals surface area contributed by atoms with E-state index in [2.05, 4.69) is 17.6 Å². The highest BCUT2D eigenvalue weighted by Gasteiger charge is 2.12. The lowest BCUT2D eigenvalue weighted by Crippen LogP contribution is -2.32. The van der Waals surface area contributed by atoms with Crippen LogP contribution in [-0.4, -0.2) is 35.9 Å². The number of aryl methyl sites for hydroxylation is 1. The Hall–Kier alpha value is -1.33. The normalized spacial score (nSPS) is 9.84. The SMILES string of the molecule is CCCNCCNC(=O)c1cc(C(C)=O)cn1C.Cl. The molecule has 0 aliphatic rings. The number of carbonyl (C=O) groups excluding carboxylic acids is 2. The van der Waals surface area contributed by atoms with Crippen LogP contribution in [0.3, 0.4) is 0 Å². The summed E-state index contributed by atoms with van der Waals surface area (Å²) in [6.45, 7) is 5.88. The van der Waals surface area contributed by atoms with Crippen LogP contribution < -0.4 is 10.6 Å². The van der Waals surface area contributed by atoms with Gasteiger partial charge in [-0.15, -0.1) is 12.4 Å². The van der Waals surface area contributed by atoms with Crippen molar-refractivity contribution in [3.63, 3.8) is 0 Å². The zero-order valence-electron chi connectivity index (χ0n) is 11.7. The van der Waals surface area contributed by atoms with E-state index in [9.17, 15) is 9.59 Å². The maximum atomic E-state index is 11.9. The smallest absolute Gasteiger partial charge is 0.267 e. The summed E-state index contributed by atoms with van der Waals surface area (Å²) in [5, 5.41) is 6.02. The van der Waals surface area contributed by atoms with Gasteiger partial charge in [0.05, 0.1) is 0 Å². The molecule has 0 bridgehead atoms. The Kier molecular flexibility index (Phi) is 8.11. The Morgan fingerprint density at radius 3 is 2.47 bits per heavy atom. The fourth-order valence-corrected chi connectivity index (χ4v) is 1.64. The van der Waals surface area contributed by atoms with Crippen molar-refractivity contribution in [3.05, 3.63) is 23.5 Å². The summed E-state index contributed by atoms with van der Waals surface area (Å²) in [6.07, 6.45) is 2.75. The zero-order chi connectivity index (χ0) is 13.5. The second-order valence-corrected chi connectivity index (χ2v) is 4.29. The number of Topliss-reactive ketones (excluding diaryl/α,β-unsaturated/α-hetero) is 1. The van der Waals surface area contributed by atoms with E-state index in [0.29, 0.717) is 17.8 Å². The molecule has 1 amide bonds. The number of halogens is 1. The van der Waals surface area contributed by atoms with Crippen molar-refractivity contribution < 1.29 is 9.59 Å². The van der Waals surface area contributed by atoms with E-state index in [1.165, 1.54) is 6.92 Å². The maximum Gasteiger partial charge on any atom is 0.267 e. The van der Waals surface area contributed by atoms with Crippen LogP contribution in [0.15, 0.2) is 12.3 Å². The molecular weight excluding hydrogens is 266 g/mol. The molecule has 0 spiro atoms. The molecule has 19 heavy (non-hydrogen) atoms. The summed E-state index contributed by atoms with van der Waals surface area (Å²) >= 11 is 0. The molecule has 5 nitrogen and oxygen atoms in total. The summed E-state index contributed by atoms with van der Waals surface area (Å²) in [5.74, 6) is -0.183. The van der Waals surface area contributed by atoms with Crippen molar-refractivity contribution in [1.29, 1.82) is 0 Å². The lowest BCUT2D eigenvalue weighted by molar-refractivity contribution is 0.0945. The second-order valence-electron chi connectivity index (χ2n) is 4.29. The number of aromatic nitrogens is 1. The molecule has 0 unspecified atom stereocenters. The molecule has 2 N–H and O–H groups in total. The number of hydrogen-bond donors (Lipinski definition) is 2. The monoisotopic (exact) mass is 287 g/mol. The van der Waals surface area contributed by atoms with Crippen LogP contribution in [0.1, 0.15) is 41.1 Å². The van der Waals surface area contributed by atoms with Crippen LogP contribution in [-0.2, 0) is 7.05 Å². The van der Waals surface area contributed by atoms with E-state index in [1.807, 2.05) is 0 Å². The van der Waals surface area contributed by atoms with Crippen LogP contribution in [0, 0.1) is 0 Å². The molecule has 6 heteroatoms. The van der Waals surface area contributed by atoms with Gasteiger partial charge < -0.3 is 15.2 Å². The Labute approximate surface area is 120 Å². The van der Waals surface area contributed by atoms with E-state index in [-0.39, 0.29) is 24.1 Å². The number of ketones is 1. The van der Waals surface area contributed by atoms with Crippen molar-refractivity contribution >= 4 is 24.1 Å². The van der Waals surface area contributed by atoms with Gasteiger partial charge in [0.1, 0.15) is 5.69 Å². The number of nitrogens with one attached hydrogen (secondary N) is 2. The molecule has 0 aliphatic carbocycles. The van der Waals surface area contributed by atoms with E-state index in [1.54, 1.807) is 23.9 Å². The summed E-state index contributed by atoms with van der Waals surface area (Å²) < 4.78 is 1.67. The fraction of sp³-hybridized carbons (Fsp3) is 0.538. The van der Waals surface area contributed by atoms with Crippen LogP contribution >= 0.6 is 12.4 Å². The molecule has 0 atom stereocenters. The molecule has 1 rings (SSSR count). The van der Waals surface area contributed by atoms with Gasteiger partial charge in [-0.1, -0.05) is 6.92 Å². The van der Waals surface area contributed by atoms with Gasteiger partial charge in [-0.25, -0.2) is 0 Å². The van der Waals surface area contributed by atoms with E-state index in [0.717, 1.165) is 19.5 Å². The van der Waals surface area contributed by atoms with Crippen LogP contribution in [0.4, 0.5) is 0 Å². The molecule has 0 aliphatic heterocycles. The fourth-order valence-electron chi connectivity index (χ4n) is 1.64. The molecule has 0 radical (unpaired) electrons. The molecule has 0 fully saturated rings. The Morgan fingerprint density at radius 1 is 1.26 bits per heavy atom. The Balaban J connectivity index is 0.00000324. The van der Waals surface area contributed by atoms with Gasteiger partial charge in [-0.3, -0.25) is 9.59 Å². The minimum Gasteiger partial charge on any atom is -0.349 e. The van der Waals surface area contributed by atoms with Crippen LogP contribution in [0.5, 0.6) is 0 Å². The average Bonchev–Trinajstić information content (AvgIpc) is 2.71. The van der Waals surface area contributed by atoms with Crippen molar-refractivity contribution in [2.45, 2.75) is 20.3 Å². The summed E-state index contributed by atoms with van der Waals surface area (Å²) in [7, 11) is 1.76. The highest BCUT2D eigenvalue weighted by Crippen LogP contribution is 2.07. The standard InChI is InChI=1S/C13H21N3O2.ClH/c1-4-5-14-6-7-15-13(18)12-8-11(10(2)17)9-16(12)3;/h8-9,14H,4-7H2,1-3H3,(H,15,18);1H. The van der Waals surface area contributed by atoms with Gasteiger partial charge >= 0.3 is 0 Å². The van der Waals surface area contributed by atoms with Crippen LogP contribution in [0.25, 0.3) is 0 Å². The first-order valence-electron chi connectivity index (χ1n) is 6.22.